The molecule has 2 aliphatic rings. The first kappa shape index (κ1) is 17.1. The van der Waals surface area contributed by atoms with Gasteiger partial charge in [0.15, 0.2) is 0 Å². The number of aromatic nitrogens is 1. The number of rotatable bonds is 4. The molecule has 2 aromatic rings. The first-order valence-corrected chi connectivity index (χ1v) is 9.82. The Morgan fingerprint density at radius 1 is 1.27 bits per heavy atom. The molecule has 1 aliphatic carbocycles. The van der Waals surface area contributed by atoms with Gasteiger partial charge in [0.05, 0.1) is 11.1 Å². The summed E-state index contributed by atoms with van der Waals surface area (Å²) in [7, 11) is 0. The summed E-state index contributed by atoms with van der Waals surface area (Å²) < 4.78 is 0. The zero-order valence-electron chi connectivity index (χ0n) is 15.4. The molecule has 2 N–H and O–H groups in total. The van der Waals surface area contributed by atoms with Gasteiger partial charge in [-0.25, -0.2) is 0 Å². The van der Waals surface area contributed by atoms with Gasteiger partial charge in [-0.2, -0.15) is 0 Å². The number of hydrogen-bond donors (Lipinski definition) is 2. The Morgan fingerprint density at radius 2 is 2.08 bits per heavy atom. The number of nitrogens with one attached hydrogen (secondary N) is 2. The van der Waals surface area contributed by atoms with E-state index in [1.807, 2.05) is 17.0 Å². The average Bonchev–Trinajstić information content (AvgIpc) is 3.29. The first-order valence-electron chi connectivity index (χ1n) is 9.82. The Labute approximate surface area is 154 Å². The molecule has 0 saturated carbocycles. The molecular formula is C21H27N3O2. The number of amides is 2. The summed E-state index contributed by atoms with van der Waals surface area (Å²) >= 11 is 0. The molecule has 0 radical (unpaired) electrons. The topological polar surface area (TPSA) is 65.2 Å². The van der Waals surface area contributed by atoms with Gasteiger partial charge < -0.3 is 15.2 Å². The summed E-state index contributed by atoms with van der Waals surface area (Å²) in [6.07, 6.45) is 5.88. The second-order valence-electron chi connectivity index (χ2n) is 7.75. The van der Waals surface area contributed by atoms with Crippen molar-refractivity contribution in [3.63, 3.8) is 0 Å². The second kappa shape index (κ2) is 7.14. The molecule has 1 aromatic carbocycles. The van der Waals surface area contributed by atoms with Crippen LogP contribution in [-0.2, 0) is 17.6 Å². The number of hydrogen-bond acceptors (Lipinski definition) is 2. The third-order valence-corrected chi connectivity index (χ3v) is 5.80. The van der Waals surface area contributed by atoms with Crippen LogP contribution in [0, 0.1) is 5.92 Å². The summed E-state index contributed by atoms with van der Waals surface area (Å²) in [6, 6.07) is 5.93. The minimum Gasteiger partial charge on any atom is -0.358 e. The summed E-state index contributed by atoms with van der Waals surface area (Å²) in [5, 5.41) is 4.10. The molecule has 0 spiro atoms. The van der Waals surface area contributed by atoms with Gasteiger partial charge in [-0.15, -0.1) is 0 Å². The van der Waals surface area contributed by atoms with E-state index in [1.54, 1.807) is 0 Å². The van der Waals surface area contributed by atoms with Crippen LogP contribution < -0.4 is 5.32 Å². The highest BCUT2D eigenvalue weighted by Crippen LogP contribution is 2.32. The molecule has 1 fully saturated rings. The van der Waals surface area contributed by atoms with Gasteiger partial charge in [0.25, 0.3) is 5.91 Å². The Bertz CT molecular complexity index is 833. The van der Waals surface area contributed by atoms with E-state index in [0.717, 1.165) is 44.3 Å². The van der Waals surface area contributed by atoms with Gasteiger partial charge in [-0.05, 0) is 49.7 Å². The van der Waals surface area contributed by atoms with Gasteiger partial charge in [0, 0.05) is 37.1 Å². The van der Waals surface area contributed by atoms with E-state index in [4.69, 9.17) is 0 Å². The molecule has 1 saturated heterocycles. The number of carbonyl (C=O) groups excluding carboxylic acids is 2. The van der Waals surface area contributed by atoms with Crippen LogP contribution in [-0.4, -0.2) is 41.3 Å². The van der Waals surface area contributed by atoms with E-state index in [9.17, 15) is 9.59 Å². The van der Waals surface area contributed by atoms with E-state index in [0.29, 0.717) is 24.4 Å². The maximum Gasteiger partial charge on any atom is 0.253 e. The van der Waals surface area contributed by atoms with Crippen LogP contribution >= 0.6 is 0 Å². The fourth-order valence-corrected chi connectivity index (χ4v) is 4.31. The smallest absolute Gasteiger partial charge is 0.253 e. The number of H-pyrrole nitrogens is 1. The zero-order valence-corrected chi connectivity index (χ0v) is 15.4. The molecule has 138 valence electrons. The highest BCUT2D eigenvalue weighted by atomic mass is 16.2. The number of carbonyl (C=O) groups is 2. The fraction of sp³-hybridized carbons (Fsp3) is 0.524. The Balaban J connectivity index is 1.46. The summed E-state index contributed by atoms with van der Waals surface area (Å²) in [5.74, 6) is 0.734. The van der Waals surface area contributed by atoms with Crippen molar-refractivity contribution in [2.45, 2.75) is 45.4 Å². The molecule has 2 amide bonds. The second-order valence-corrected chi connectivity index (χ2v) is 7.75. The number of benzene rings is 1. The predicted molar refractivity (Wildman–Crippen MR) is 102 cm³/mol. The molecule has 1 unspecified atom stereocenters. The number of nitrogens with zero attached hydrogens (tertiary/aromatic N) is 1. The molecular weight excluding hydrogens is 326 g/mol. The van der Waals surface area contributed by atoms with E-state index in [-0.39, 0.29) is 11.8 Å². The number of aryl methyl sites for hydroxylation is 1. The summed E-state index contributed by atoms with van der Waals surface area (Å²) in [6.45, 7) is 4.40. The van der Waals surface area contributed by atoms with Crippen molar-refractivity contribution in [3.8, 4) is 0 Å². The molecule has 1 aliphatic heterocycles. The van der Waals surface area contributed by atoms with Gasteiger partial charge in [0.2, 0.25) is 5.91 Å². The largest absolute Gasteiger partial charge is 0.358 e. The first-order chi connectivity index (χ1) is 12.6. The van der Waals surface area contributed by atoms with E-state index < -0.39 is 0 Å². The highest BCUT2D eigenvalue weighted by Gasteiger charge is 2.22. The highest BCUT2D eigenvalue weighted by molar-refractivity contribution is 6.06. The lowest BCUT2D eigenvalue weighted by atomic mass is 9.87. The molecule has 0 bridgehead atoms. The SMILES string of the molecule is CC1CCc2[nH]c3c(C(=O)NCCC(=O)N4CCCC4)cccc3c2C1. The van der Waals surface area contributed by atoms with Crippen molar-refractivity contribution in [2.24, 2.45) is 5.92 Å². The van der Waals surface area contributed by atoms with E-state index in [2.05, 4.69) is 23.3 Å². The van der Waals surface area contributed by atoms with Gasteiger partial charge in [0.1, 0.15) is 0 Å². The van der Waals surface area contributed by atoms with Crippen LogP contribution in [0.3, 0.4) is 0 Å². The van der Waals surface area contributed by atoms with Crippen molar-refractivity contribution < 1.29 is 9.59 Å². The van der Waals surface area contributed by atoms with Crippen LogP contribution in [0.2, 0.25) is 0 Å². The third kappa shape index (κ3) is 3.22. The van der Waals surface area contributed by atoms with Crippen molar-refractivity contribution in [1.29, 1.82) is 0 Å². The zero-order chi connectivity index (χ0) is 18.1. The molecule has 4 rings (SSSR count). The molecule has 2 heterocycles. The van der Waals surface area contributed by atoms with Crippen LogP contribution in [0.1, 0.15) is 54.2 Å². The number of likely N-dealkylation sites (tertiary alicyclic amines) is 1. The lowest BCUT2D eigenvalue weighted by Gasteiger charge is -2.17. The Kier molecular flexibility index (Phi) is 4.70. The summed E-state index contributed by atoms with van der Waals surface area (Å²) in [4.78, 5) is 30.2. The third-order valence-electron chi connectivity index (χ3n) is 5.80. The van der Waals surface area contributed by atoms with Crippen molar-refractivity contribution in [3.05, 3.63) is 35.0 Å². The minimum absolute atomic E-state index is 0.100. The lowest BCUT2D eigenvalue weighted by Crippen LogP contribution is -2.32. The lowest BCUT2D eigenvalue weighted by molar-refractivity contribution is -0.129. The minimum atomic E-state index is -0.100. The van der Waals surface area contributed by atoms with E-state index in [1.165, 1.54) is 23.1 Å². The predicted octanol–water partition coefficient (Wildman–Crippen LogP) is 3.04. The van der Waals surface area contributed by atoms with Crippen molar-refractivity contribution in [1.82, 2.24) is 15.2 Å². The maximum absolute atomic E-state index is 12.7. The maximum atomic E-state index is 12.7. The van der Waals surface area contributed by atoms with Gasteiger partial charge >= 0.3 is 0 Å². The number of aromatic amines is 1. The van der Waals surface area contributed by atoms with Crippen LogP contribution in [0.15, 0.2) is 18.2 Å². The monoisotopic (exact) mass is 353 g/mol. The van der Waals surface area contributed by atoms with E-state index >= 15 is 0 Å². The van der Waals surface area contributed by atoms with Crippen molar-refractivity contribution in [2.75, 3.05) is 19.6 Å². The van der Waals surface area contributed by atoms with Crippen LogP contribution in [0.5, 0.6) is 0 Å². The standard InChI is InChI=1S/C21H27N3O2/c1-14-7-8-18-17(13-14)15-5-4-6-16(20(15)23-18)21(26)22-10-9-19(25)24-11-2-3-12-24/h4-6,14,23H,2-3,7-13H2,1H3,(H,22,26). The summed E-state index contributed by atoms with van der Waals surface area (Å²) in [5.41, 5.74) is 4.27. The Morgan fingerprint density at radius 3 is 2.88 bits per heavy atom. The number of para-hydroxylation sites is 1. The Hall–Kier alpha value is -2.30. The number of fused-ring (bicyclic) bond motifs is 3. The quantitative estimate of drug-likeness (QED) is 0.887. The van der Waals surface area contributed by atoms with Crippen LogP contribution in [0.4, 0.5) is 0 Å². The molecule has 1 aromatic heterocycles. The molecule has 1 atom stereocenters. The normalized spacial score (nSPS) is 19.6. The fourth-order valence-electron chi connectivity index (χ4n) is 4.31. The van der Waals surface area contributed by atoms with Gasteiger partial charge in [-0.3, -0.25) is 9.59 Å². The van der Waals surface area contributed by atoms with Crippen molar-refractivity contribution >= 4 is 22.7 Å². The molecule has 26 heavy (non-hydrogen) atoms. The van der Waals surface area contributed by atoms with Gasteiger partial charge in [-0.1, -0.05) is 19.1 Å². The van der Waals surface area contributed by atoms with Crippen LogP contribution in [0.25, 0.3) is 10.9 Å². The molecule has 5 heteroatoms. The molecule has 5 nitrogen and oxygen atoms in total. The average molecular weight is 353 g/mol.